The number of allylic oxidation sites excluding steroid dienone is 1. The van der Waals surface area contributed by atoms with Gasteiger partial charge >= 0.3 is 5.97 Å². The summed E-state index contributed by atoms with van der Waals surface area (Å²) in [5.74, 6) is -0.142. The molecule has 1 aliphatic rings. The minimum absolute atomic E-state index is 0.133. The van der Waals surface area contributed by atoms with Gasteiger partial charge in [-0.1, -0.05) is 29.8 Å². The van der Waals surface area contributed by atoms with E-state index >= 15 is 0 Å². The Labute approximate surface area is 244 Å². The SMILES string of the molecule is CCOC(=O)C1=C(C)NC(=S)N[C@H]1c1ccccc1OCC(=O)NN=Cc1ccc(-c2cc([N+](=O)[O-])ccc2Cl)o1. The molecule has 14 heteroatoms. The van der Waals surface area contributed by atoms with Crippen LogP contribution in [0.4, 0.5) is 5.69 Å². The maximum absolute atomic E-state index is 12.7. The monoisotopic (exact) mass is 597 g/mol. The van der Waals surface area contributed by atoms with Crippen molar-refractivity contribution in [1.29, 1.82) is 0 Å². The number of thiocarbonyl (C=S) groups is 1. The number of hydrogen-bond donors (Lipinski definition) is 3. The number of nitrogens with one attached hydrogen (secondary N) is 3. The Kier molecular flexibility index (Phi) is 9.32. The number of benzene rings is 2. The molecule has 1 amide bonds. The summed E-state index contributed by atoms with van der Waals surface area (Å²) < 4.78 is 16.6. The van der Waals surface area contributed by atoms with Gasteiger partial charge in [-0.3, -0.25) is 14.9 Å². The molecule has 12 nitrogen and oxygen atoms in total. The fourth-order valence-corrected chi connectivity index (χ4v) is 4.46. The number of nitro groups is 1. The van der Waals surface area contributed by atoms with Crippen molar-refractivity contribution in [3.05, 3.63) is 92.3 Å². The minimum atomic E-state index is -0.659. The summed E-state index contributed by atoms with van der Waals surface area (Å²) in [6.45, 7) is 3.26. The normalized spacial score (nSPS) is 14.8. The molecule has 3 aromatic rings. The zero-order valence-corrected chi connectivity index (χ0v) is 23.4. The van der Waals surface area contributed by atoms with Crippen LogP contribution in [-0.4, -0.2) is 41.3 Å². The van der Waals surface area contributed by atoms with E-state index in [1.54, 1.807) is 50.2 Å². The number of halogens is 1. The molecule has 3 N–H and O–H groups in total. The molecule has 41 heavy (non-hydrogen) atoms. The predicted octanol–water partition coefficient (Wildman–Crippen LogP) is 4.39. The molecule has 0 fully saturated rings. The number of carbonyl (C=O) groups is 2. The van der Waals surface area contributed by atoms with Crippen LogP contribution >= 0.6 is 23.8 Å². The molecular weight excluding hydrogens is 574 g/mol. The van der Waals surface area contributed by atoms with Gasteiger partial charge in [-0.25, -0.2) is 10.2 Å². The predicted molar refractivity (Wildman–Crippen MR) is 154 cm³/mol. The highest BCUT2D eigenvalue weighted by Gasteiger charge is 2.32. The van der Waals surface area contributed by atoms with Crippen LogP contribution in [0.3, 0.4) is 0 Å². The van der Waals surface area contributed by atoms with Gasteiger partial charge in [-0.05, 0) is 50.3 Å². The molecule has 1 aromatic heterocycles. The largest absolute Gasteiger partial charge is 0.483 e. The van der Waals surface area contributed by atoms with E-state index in [4.69, 9.17) is 37.7 Å². The first-order valence-electron chi connectivity index (χ1n) is 12.2. The first-order chi connectivity index (χ1) is 19.7. The number of nitrogens with zero attached hydrogens (tertiary/aromatic N) is 2. The van der Waals surface area contributed by atoms with Gasteiger partial charge in [0.25, 0.3) is 11.6 Å². The van der Waals surface area contributed by atoms with Gasteiger partial charge < -0.3 is 24.5 Å². The average Bonchev–Trinajstić information content (AvgIpc) is 3.40. The van der Waals surface area contributed by atoms with Crippen LogP contribution in [0.15, 0.2) is 75.4 Å². The Morgan fingerprint density at radius 2 is 2.02 bits per heavy atom. The van der Waals surface area contributed by atoms with Gasteiger partial charge in [-0.15, -0.1) is 0 Å². The maximum Gasteiger partial charge on any atom is 0.338 e. The third-order valence-electron chi connectivity index (χ3n) is 5.79. The lowest BCUT2D eigenvalue weighted by atomic mass is 9.95. The second-order valence-electron chi connectivity index (χ2n) is 8.53. The molecule has 2 heterocycles. The molecule has 0 spiro atoms. The van der Waals surface area contributed by atoms with Crippen LogP contribution in [0.2, 0.25) is 5.02 Å². The van der Waals surface area contributed by atoms with E-state index < -0.39 is 22.8 Å². The molecule has 0 radical (unpaired) electrons. The summed E-state index contributed by atoms with van der Waals surface area (Å²) in [5, 5.41) is 21.5. The first-order valence-corrected chi connectivity index (χ1v) is 13.0. The number of nitro benzene ring substituents is 1. The van der Waals surface area contributed by atoms with Crippen LogP contribution in [0.5, 0.6) is 5.75 Å². The van der Waals surface area contributed by atoms with Crippen molar-refractivity contribution in [3.8, 4) is 17.1 Å². The first kappa shape index (κ1) is 29.2. The van der Waals surface area contributed by atoms with Crippen molar-refractivity contribution >= 4 is 52.7 Å². The Hall–Kier alpha value is -4.75. The highest BCUT2D eigenvalue weighted by molar-refractivity contribution is 7.80. The number of hydrazone groups is 1. The van der Waals surface area contributed by atoms with E-state index in [9.17, 15) is 19.7 Å². The number of non-ortho nitro benzene ring substituents is 1. The summed E-state index contributed by atoms with van der Waals surface area (Å²) in [6.07, 6.45) is 1.26. The number of esters is 1. The molecule has 212 valence electrons. The molecule has 1 aliphatic heterocycles. The molecule has 0 unspecified atom stereocenters. The smallest absolute Gasteiger partial charge is 0.338 e. The van der Waals surface area contributed by atoms with E-state index in [0.29, 0.717) is 39.0 Å². The van der Waals surface area contributed by atoms with Crippen molar-refractivity contribution in [1.82, 2.24) is 16.1 Å². The molecule has 1 atom stereocenters. The number of carbonyl (C=O) groups excluding carboxylic acids is 2. The lowest BCUT2D eigenvalue weighted by molar-refractivity contribution is -0.384. The summed E-state index contributed by atoms with van der Waals surface area (Å²) in [4.78, 5) is 35.7. The molecular formula is C27H24ClN5O7S. The van der Waals surface area contributed by atoms with Crippen LogP contribution in [0.25, 0.3) is 11.3 Å². The summed E-state index contributed by atoms with van der Waals surface area (Å²) in [7, 11) is 0. The van der Waals surface area contributed by atoms with E-state index in [1.165, 1.54) is 24.4 Å². The molecule has 2 aromatic carbocycles. The number of rotatable bonds is 10. The fourth-order valence-electron chi connectivity index (χ4n) is 3.98. The number of hydrogen-bond acceptors (Lipinski definition) is 9. The van der Waals surface area contributed by atoms with E-state index in [0.717, 1.165) is 0 Å². The zero-order chi connectivity index (χ0) is 29.5. The van der Waals surface area contributed by atoms with Crippen molar-refractivity contribution in [3.63, 3.8) is 0 Å². The lowest BCUT2D eigenvalue weighted by Crippen LogP contribution is -2.45. The third-order valence-corrected chi connectivity index (χ3v) is 6.34. The van der Waals surface area contributed by atoms with Crippen molar-refractivity contribution in [2.24, 2.45) is 5.10 Å². The van der Waals surface area contributed by atoms with Gasteiger partial charge in [0.05, 0.1) is 34.4 Å². The van der Waals surface area contributed by atoms with Crippen LogP contribution in [0.1, 0.15) is 31.2 Å². The number of ether oxygens (including phenoxy) is 2. The summed E-state index contributed by atoms with van der Waals surface area (Å²) in [6, 6.07) is 13.4. The van der Waals surface area contributed by atoms with Crippen LogP contribution in [0, 0.1) is 10.1 Å². The molecule has 0 saturated carbocycles. The Morgan fingerprint density at radius 3 is 2.78 bits per heavy atom. The second kappa shape index (κ2) is 13.1. The van der Waals surface area contributed by atoms with Gasteiger partial charge in [0.15, 0.2) is 11.7 Å². The van der Waals surface area contributed by atoms with Gasteiger partial charge in [0.1, 0.15) is 17.3 Å². The molecule has 0 saturated heterocycles. The Balaban J connectivity index is 1.41. The fraction of sp³-hybridized carbons (Fsp3) is 0.185. The van der Waals surface area contributed by atoms with Crippen LogP contribution in [-0.2, 0) is 14.3 Å². The molecule has 0 bridgehead atoms. The quantitative estimate of drug-likeness (QED) is 0.101. The topological polar surface area (TPSA) is 157 Å². The highest BCUT2D eigenvalue weighted by atomic mass is 35.5. The van der Waals surface area contributed by atoms with Gasteiger partial charge in [0, 0.05) is 29.0 Å². The van der Waals surface area contributed by atoms with Crippen molar-refractivity contribution in [2.75, 3.05) is 13.2 Å². The highest BCUT2D eigenvalue weighted by Crippen LogP contribution is 2.34. The van der Waals surface area contributed by atoms with Crippen molar-refractivity contribution < 1.29 is 28.4 Å². The maximum atomic E-state index is 12.7. The third kappa shape index (κ3) is 7.07. The summed E-state index contributed by atoms with van der Waals surface area (Å²) >= 11 is 11.4. The average molecular weight is 598 g/mol. The summed E-state index contributed by atoms with van der Waals surface area (Å²) in [5.41, 5.74) is 4.03. The Morgan fingerprint density at radius 1 is 1.24 bits per heavy atom. The van der Waals surface area contributed by atoms with Crippen molar-refractivity contribution in [2.45, 2.75) is 19.9 Å². The van der Waals surface area contributed by atoms with E-state index in [1.807, 2.05) is 0 Å². The van der Waals surface area contributed by atoms with E-state index in [-0.39, 0.29) is 29.7 Å². The Bertz CT molecular complexity index is 1570. The van der Waals surface area contributed by atoms with Crippen LogP contribution < -0.4 is 20.8 Å². The van der Waals surface area contributed by atoms with Gasteiger partial charge in [0.2, 0.25) is 0 Å². The molecule has 0 aliphatic carbocycles. The lowest BCUT2D eigenvalue weighted by Gasteiger charge is -2.30. The molecule has 4 rings (SSSR count). The number of para-hydroxylation sites is 1. The second-order valence-corrected chi connectivity index (χ2v) is 9.35. The number of furan rings is 1. The standard InChI is InChI=1S/C27H24ClN5O7S/c1-3-38-26(35)24-15(2)30-27(41)31-25(24)18-6-4-5-7-21(18)39-14-23(34)32-29-13-17-9-11-22(40-17)19-12-16(33(36)37)8-10-20(19)28/h4-13,25H,3,14H2,1-2H3,(H,32,34)(H2,30,31,41)/t25-/m0/s1. The van der Waals surface area contributed by atoms with Gasteiger partial charge in [-0.2, -0.15) is 5.10 Å². The zero-order valence-electron chi connectivity index (χ0n) is 21.8. The minimum Gasteiger partial charge on any atom is -0.483 e. The number of amides is 1. The van der Waals surface area contributed by atoms with E-state index in [2.05, 4.69) is 21.2 Å².